The van der Waals surface area contributed by atoms with E-state index in [0.29, 0.717) is 17.8 Å². The number of hydrogen-bond acceptors (Lipinski definition) is 4. The number of rotatable bonds is 7. The van der Waals surface area contributed by atoms with Crippen molar-refractivity contribution < 1.29 is 19.1 Å². The first-order valence-corrected chi connectivity index (χ1v) is 10.8. The molecule has 0 saturated heterocycles. The molecule has 0 unspecified atom stereocenters. The van der Waals surface area contributed by atoms with Gasteiger partial charge in [0, 0.05) is 30.8 Å². The Morgan fingerprint density at radius 3 is 2.27 bits per heavy atom. The molecule has 0 heterocycles. The first kappa shape index (κ1) is 23.8. The standard InChI is InChI=1S/C26H29N3O4/c1-26(2,3)33-25(32)27-16-15-23(30)28-17-18-11-13-20(14-12-18)29-24(31)22-10-6-8-19-7-4-5-9-21(19)22/h4-14H,15-17H2,1-3H3,(H,27,32)(H,28,30)(H,29,31). The Kier molecular flexibility index (Phi) is 7.66. The van der Waals surface area contributed by atoms with Crippen LogP contribution in [0.1, 0.15) is 43.1 Å². The second-order valence-corrected chi connectivity index (χ2v) is 8.63. The molecule has 3 aromatic rings. The average Bonchev–Trinajstić information content (AvgIpc) is 2.77. The van der Waals surface area contributed by atoms with E-state index in [1.54, 1.807) is 39.0 Å². The fourth-order valence-electron chi connectivity index (χ4n) is 3.21. The van der Waals surface area contributed by atoms with E-state index in [9.17, 15) is 14.4 Å². The SMILES string of the molecule is CC(C)(C)OC(=O)NCCC(=O)NCc1ccc(NC(=O)c2cccc3ccccc23)cc1. The van der Waals surface area contributed by atoms with Gasteiger partial charge in [-0.2, -0.15) is 0 Å². The molecule has 7 nitrogen and oxygen atoms in total. The van der Waals surface area contributed by atoms with Gasteiger partial charge in [-0.15, -0.1) is 0 Å². The molecule has 3 aromatic carbocycles. The van der Waals surface area contributed by atoms with Crippen LogP contribution in [-0.4, -0.2) is 30.1 Å². The lowest BCUT2D eigenvalue weighted by molar-refractivity contribution is -0.121. The van der Waals surface area contributed by atoms with Gasteiger partial charge >= 0.3 is 6.09 Å². The van der Waals surface area contributed by atoms with Gasteiger partial charge in [0.1, 0.15) is 5.60 Å². The van der Waals surface area contributed by atoms with Gasteiger partial charge in [0.25, 0.3) is 5.91 Å². The number of fused-ring (bicyclic) bond motifs is 1. The van der Waals surface area contributed by atoms with E-state index in [-0.39, 0.29) is 24.8 Å². The van der Waals surface area contributed by atoms with Gasteiger partial charge in [0.15, 0.2) is 0 Å². The van der Waals surface area contributed by atoms with Crippen molar-refractivity contribution in [3.63, 3.8) is 0 Å². The molecule has 0 fully saturated rings. The third-order valence-electron chi connectivity index (χ3n) is 4.76. The van der Waals surface area contributed by atoms with E-state index in [1.807, 2.05) is 48.5 Å². The predicted octanol–water partition coefficient (Wildman–Crippen LogP) is 4.62. The van der Waals surface area contributed by atoms with Gasteiger partial charge in [-0.3, -0.25) is 9.59 Å². The molecule has 0 radical (unpaired) electrons. The van der Waals surface area contributed by atoms with E-state index in [2.05, 4.69) is 16.0 Å². The fourth-order valence-corrected chi connectivity index (χ4v) is 3.21. The van der Waals surface area contributed by atoms with Crippen LogP contribution in [0.25, 0.3) is 10.8 Å². The highest BCUT2D eigenvalue weighted by atomic mass is 16.6. The molecule has 0 aromatic heterocycles. The van der Waals surface area contributed by atoms with Crippen LogP contribution in [0.5, 0.6) is 0 Å². The molecule has 0 saturated carbocycles. The summed E-state index contributed by atoms with van der Waals surface area (Å²) < 4.78 is 5.13. The van der Waals surface area contributed by atoms with Crippen LogP contribution in [-0.2, 0) is 16.1 Å². The Labute approximate surface area is 193 Å². The highest BCUT2D eigenvalue weighted by Crippen LogP contribution is 2.20. The fraction of sp³-hybridized carbons (Fsp3) is 0.269. The zero-order valence-corrected chi connectivity index (χ0v) is 19.1. The van der Waals surface area contributed by atoms with Gasteiger partial charge in [-0.05, 0) is 55.3 Å². The molecule has 3 N–H and O–H groups in total. The van der Waals surface area contributed by atoms with E-state index >= 15 is 0 Å². The molecule has 3 amide bonds. The van der Waals surface area contributed by atoms with E-state index < -0.39 is 11.7 Å². The first-order valence-electron chi connectivity index (χ1n) is 10.8. The summed E-state index contributed by atoms with van der Waals surface area (Å²) >= 11 is 0. The number of amides is 3. The van der Waals surface area contributed by atoms with Crippen molar-refractivity contribution in [2.45, 2.75) is 39.3 Å². The summed E-state index contributed by atoms with van der Waals surface area (Å²) in [5, 5.41) is 10.2. The summed E-state index contributed by atoms with van der Waals surface area (Å²) in [4.78, 5) is 36.3. The number of hydrogen-bond donors (Lipinski definition) is 3. The molecule has 0 bridgehead atoms. The van der Waals surface area contributed by atoms with Crippen LogP contribution in [0.15, 0.2) is 66.7 Å². The van der Waals surface area contributed by atoms with Crippen molar-refractivity contribution in [2.24, 2.45) is 0 Å². The van der Waals surface area contributed by atoms with Gasteiger partial charge in [-0.25, -0.2) is 4.79 Å². The number of alkyl carbamates (subject to hydrolysis) is 1. The smallest absolute Gasteiger partial charge is 0.407 e. The highest BCUT2D eigenvalue weighted by molar-refractivity contribution is 6.12. The largest absolute Gasteiger partial charge is 0.444 e. The van der Waals surface area contributed by atoms with Crippen molar-refractivity contribution in [1.82, 2.24) is 10.6 Å². The number of anilines is 1. The normalized spacial score (nSPS) is 11.0. The molecule has 172 valence electrons. The second-order valence-electron chi connectivity index (χ2n) is 8.63. The maximum absolute atomic E-state index is 12.7. The second kappa shape index (κ2) is 10.6. The van der Waals surface area contributed by atoms with Crippen LogP contribution in [0, 0.1) is 0 Å². The summed E-state index contributed by atoms with van der Waals surface area (Å²) in [7, 11) is 0. The molecular formula is C26H29N3O4. The molecule has 0 aliphatic heterocycles. The van der Waals surface area contributed by atoms with Crippen LogP contribution in [0.4, 0.5) is 10.5 Å². The van der Waals surface area contributed by atoms with Crippen LogP contribution < -0.4 is 16.0 Å². The number of ether oxygens (including phenoxy) is 1. The van der Waals surface area contributed by atoms with Crippen LogP contribution >= 0.6 is 0 Å². The molecule has 0 atom stereocenters. The summed E-state index contributed by atoms with van der Waals surface area (Å²) in [5.74, 6) is -0.357. The number of nitrogens with one attached hydrogen (secondary N) is 3. The summed E-state index contributed by atoms with van der Waals surface area (Å²) in [6.45, 7) is 5.88. The maximum atomic E-state index is 12.7. The molecule has 33 heavy (non-hydrogen) atoms. The zero-order chi connectivity index (χ0) is 23.8. The maximum Gasteiger partial charge on any atom is 0.407 e. The molecule has 0 aliphatic rings. The quantitative estimate of drug-likeness (QED) is 0.492. The minimum atomic E-state index is -0.577. The molecule has 3 rings (SSSR count). The predicted molar refractivity (Wildman–Crippen MR) is 129 cm³/mol. The van der Waals surface area contributed by atoms with Gasteiger partial charge in [0.2, 0.25) is 5.91 Å². The summed E-state index contributed by atoms with van der Waals surface area (Å²) in [6.07, 6.45) is -0.394. The summed E-state index contributed by atoms with van der Waals surface area (Å²) in [5.41, 5.74) is 1.60. The van der Waals surface area contributed by atoms with Crippen molar-refractivity contribution in [2.75, 3.05) is 11.9 Å². The minimum Gasteiger partial charge on any atom is -0.444 e. The van der Waals surface area contributed by atoms with Gasteiger partial charge in [0.05, 0.1) is 0 Å². The number of carbonyl (C=O) groups is 3. The Balaban J connectivity index is 1.46. The Bertz CT molecular complexity index is 1130. The lowest BCUT2D eigenvalue weighted by atomic mass is 10.0. The van der Waals surface area contributed by atoms with Crippen molar-refractivity contribution in [1.29, 1.82) is 0 Å². The third-order valence-corrected chi connectivity index (χ3v) is 4.76. The highest BCUT2D eigenvalue weighted by Gasteiger charge is 2.16. The Morgan fingerprint density at radius 1 is 0.848 bits per heavy atom. The molecule has 0 spiro atoms. The van der Waals surface area contributed by atoms with Crippen LogP contribution in [0.2, 0.25) is 0 Å². The number of benzene rings is 3. The Morgan fingerprint density at radius 2 is 1.55 bits per heavy atom. The summed E-state index contributed by atoms with van der Waals surface area (Å²) in [6, 6.07) is 20.7. The lowest BCUT2D eigenvalue weighted by Gasteiger charge is -2.19. The van der Waals surface area contributed by atoms with Gasteiger partial charge in [-0.1, -0.05) is 48.5 Å². The number of carbonyl (C=O) groups excluding carboxylic acids is 3. The van der Waals surface area contributed by atoms with Crippen molar-refractivity contribution >= 4 is 34.4 Å². The van der Waals surface area contributed by atoms with E-state index in [4.69, 9.17) is 4.74 Å². The van der Waals surface area contributed by atoms with Crippen LogP contribution in [0.3, 0.4) is 0 Å². The Hall–Kier alpha value is -3.87. The average molecular weight is 448 g/mol. The third kappa shape index (κ3) is 7.35. The van der Waals surface area contributed by atoms with Gasteiger partial charge < -0.3 is 20.7 Å². The van der Waals surface area contributed by atoms with Crippen molar-refractivity contribution in [3.8, 4) is 0 Å². The molecule has 0 aliphatic carbocycles. The first-order chi connectivity index (χ1) is 15.7. The molecule has 7 heteroatoms. The lowest BCUT2D eigenvalue weighted by Crippen LogP contribution is -2.35. The topological polar surface area (TPSA) is 96.5 Å². The molecular weight excluding hydrogens is 418 g/mol. The minimum absolute atomic E-state index is 0.151. The van der Waals surface area contributed by atoms with E-state index in [0.717, 1.165) is 16.3 Å². The van der Waals surface area contributed by atoms with E-state index in [1.165, 1.54) is 0 Å². The monoisotopic (exact) mass is 447 g/mol. The van der Waals surface area contributed by atoms with Crippen molar-refractivity contribution in [3.05, 3.63) is 77.9 Å². The zero-order valence-electron chi connectivity index (χ0n) is 19.1.